The van der Waals surface area contributed by atoms with Crippen molar-refractivity contribution >= 4 is 15.8 Å². The van der Waals surface area contributed by atoms with Crippen LogP contribution in [0, 0.1) is 12.3 Å². The van der Waals surface area contributed by atoms with Gasteiger partial charge in [0.25, 0.3) is 0 Å². The molecule has 0 aliphatic heterocycles. The van der Waals surface area contributed by atoms with Crippen molar-refractivity contribution in [3.05, 3.63) is 35.4 Å². The summed E-state index contributed by atoms with van der Waals surface area (Å²) in [6.45, 7) is 5.42. The fourth-order valence-electron chi connectivity index (χ4n) is 3.19. The molecule has 0 heterocycles. The molecule has 6 heteroatoms. The van der Waals surface area contributed by atoms with Crippen molar-refractivity contribution in [2.45, 2.75) is 31.9 Å². The van der Waals surface area contributed by atoms with Crippen molar-refractivity contribution in [2.24, 2.45) is 11.1 Å². The molecule has 1 aromatic carbocycles. The number of esters is 1. The Morgan fingerprint density at radius 1 is 1.27 bits per heavy atom. The zero-order valence-electron chi connectivity index (χ0n) is 13.2. The summed E-state index contributed by atoms with van der Waals surface area (Å²) in [6.07, 6.45) is 0. The zero-order valence-corrected chi connectivity index (χ0v) is 14.0. The average Bonchev–Trinajstić information content (AvgIpc) is 3.20. The molecule has 5 nitrogen and oxygen atoms in total. The summed E-state index contributed by atoms with van der Waals surface area (Å²) in [5, 5.41) is -0.795. The summed E-state index contributed by atoms with van der Waals surface area (Å²) in [4.78, 5) is 12.4. The van der Waals surface area contributed by atoms with Crippen LogP contribution in [0.5, 0.6) is 0 Å². The normalized spacial score (nSPS) is 27.5. The topological polar surface area (TPSA) is 86.5 Å². The third-order valence-electron chi connectivity index (χ3n) is 4.48. The molecule has 122 valence electrons. The van der Waals surface area contributed by atoms with Crippen molar-refractivity contribution < 1.29 is 17.9 Å². The minimum Gasteiger partial charge on any atom is -0.465 e. The SMILES string of the molecule is CCOC(=O)C1(CN)C(c2ccc(C)cc2)C1S(=O)(=O)CC. The summed E-state index contributed by atoms with van der Waals surface area (Å²) in [6, 6.07) is 7.56. The van der Waals surface area contributed by atoms with E-state index in [-0.39, 0.29) is 18.9 Å². The van der Waals surface area contributed by atoms with E-state index in [0.29, 0.717) is 0 Å². The van der Waals surface area contributed by atoms with Crippen LogP contribution in [0.1, 0.15) is 30.9 Å². The van der Waals surface area contributed by atoms with Gasteiger partial charge in [-0.3, -0.25) is 4.79 Å². The number of hydrogen-bond acceptors (Lipinski definition) is 5. The number of carbonyl (C=O) groups excluding carboxylic acids is 1. The summed E-state index contributed by atoms with van der Waals surface area (Å²) in [5.41, 5.74) is 6.58. The molecule has 0 bridgehead atoms. The van der Waals surface area contributed by atoms with Crippen LogP contribution < -0.4 is 5.73 Å². The van der Waals surface area contributed by atoms with Crippen LogP contribution in [-0.4, -0.2) is 38.5 Å². The fourth-order valence-corrected chi connectivity index (χ4v) is 5.27. The number of sulfone groups is 1. The second kappa shape index (κ2) is 6.01. The van der Waals surface area contributed by atoms with E-state index in [1.165, 1.54) is 0 Å². The average molecular weight is 325 g/mol. The van der Waals surface area contributed by atoms with Gasteiger partial charge < -0.3 is 10.5 Å². The van der Waals surface area contributed by atoms with Crippen LogP contribution in [0.4, 0.5) is 0 Å². The number of ether oxygens (including phenoxy) is 1. The van der Waals surface area contributed by atoms with Gasteiger partial charge in [0.1, 0.15) is 5.41 Å². The van der Waals surface area contributed by atoms with Crippen LogP contribution in [-0.2, 0) is 19.4 Å². The van der Waals surface area contributed by atoms with Gasteiger partial charge in [0.2, 0.25) is 0 Å². The molecule has 0 saturated heterocycles. The third-order valence-corrected chi connectivity index (χ3v) is 6.75. The quantitative estimate of drug-likeness (QED) is 0.799. The Morgan fingerprint density at radius 3 is 2.32 bits per heavy atom. The van der Waals surface area contributed by atoms with Crippen LogP contribution in [0.15, 0.2) is 24.3 Å². The molecule has 2 rings (SSSR count). The van der Waals surface area contributed by atoms with E-state index in [2.05, 4.69) is 0 Å². The van der Waals surface area contributed by atoms with Crippen molar-refractivity contribution in [3.63, 3.8) is 0 Å². The zero-order chi connectivity index (χ0) is 16.5. The molecule has 1 aliphatic carbocycles. The Labute approximate surface area is 131 Å². The van der Waals surface area contributed by atoms with Crippen molar-refractivity contribution in [3.8, 4) is 0 Å². The highest BCUT2D eigenvalue weighted by Crippen LogP contribution is 2.63. The molecule has 2 N–H and O–H groups in total. The lowest BCUT2D eigenvalue weighted by Crippen LogP contribution is -2.34. The molecule has 3 atom stereocenters. The van der Waals surface area contributed by atoms with Crippen LogP contribution in [0.2, 0.25) is 0 Å². The van der Waals surface area contributed by atoms with Gasteiger partial charge in [-0.2, -0.15) is 0 Å². The summed E-state index contributed by atoms with van der Waals surface area (Å²) < 4.78 is 30.0. The molecule has 1 aliphatic rings. The summed E-state index contributed by atoms with van der Waals surface area (Å²) >= 11 is 0. The first-order chi connectivity index (χ1) is 10.3. The lowest BCUT2D eigenvalue weighted by Gasteiger charge is -2.14. The second-order valence-corrected chi connectivity index (χ2v) is 8.14. The van der Waals surface area contributed by atoms with Gasteiger partial charge in [-0.1, -0.05) is 36.8 Å². The first-order valence-corrected chi connectivity index (χ1v) is 9.22. The van der Waals surface area contributed by atoms with E-state index in [0.717, 1.165) is 11.1 Å². The minimum atomic E-state index is -3.40. The first-order valence-electron chi connectivity index (χ1n) is 7.50. The molecule has 22 heavy (non-hydrogen) atoms. The monoisotopic (exact) mass is 325 g/mol. The third kappa shape index (κ3) is 2.54. The number of nitrogens with two attached hydrogens (primary N) is 1. The maximum atomic E-state index is 12.4. The number of hydrogen-bond donors (Lipinski definition) is 1. The van der Waals surface area contributed by atoms with Crippen LogP contribution in [0.25, 0.3) is 0 Å². The van der Waals surface area contributed by atoms with Crippen molar-refractivity contribution in [2.75, 3.05) is 18.9 Å². The number of rotatable bonds is 6. The van der Waals surface area contributed by atoms with Gasteiger partial charge in [-0.05, 0) is 19.4 Å². The largest absolute Gasteiger partial charge is 0.465 e. The van der Waals surface area contributed by atoms with Gasteiger partial charge in [-0.25, -0.2) is 8.42 Å². The second-order valence-electron chi connectivity index (χ2n) is 5.73. The van der Waals surface area contributed by atoms with Crippen LogP contribution in [0.3, 0.4) is 0 Å². The molecule has 0 amide bonds. The number of carbonyl (C=O) groups is 1. The molecule has 1 fully saturated rings. The highest BCUT2D eigenvalue weighted by atomic mass is 32.2. The molecule has 0 radical (unpaired) electrons. The lowest BCUT2D eigenvalue weighted by molar-refractivity contribution is -0.149. The lowest BCUT2D eigenvalue weighted by atomic mass is 9.98. The highest BCUT2D eigenvalue weighted by Gasteiger charge is 2.74. The van der Waals surface area contributed by atoms with Gasteiger partial charge in [0.05, 0.1) is 11.9 Å². The summed E-state index contributed by atoms with van der Waals surface area (Å²) in [5.74, 6) is -0.950. The highest BCUT2D eigenvalue weighted by molar-refractivity contribution is 7.92. The fraction of sp³-hybridized carbons (Fsp3) is 0.562. The summed E-state index contributed by atoms with van der Waals surface area (Å²) in [7, 11) is -3.40. The van der Waals surface area contributed by atoms with E-state index in [9.17, 15) is 13.2 Å². The van der Waals surface area contributed by atoms with Crippen molar-refractivity contribution in [1.82, 2.24) is 0 Å². The Kier molecular flexibility index (Phi) is 4.63. The van der Waals surface area contributed by atoms with Crippen LogP contribution >= 0.6 is 0 Å². The Balaban J connectivity index is 2.49. The smallest absolute Gasteiger partial charge is 0.315 e. The van der Waals surface area contributed by atoms with E-state index in [4.69, 9.17) is 10.5 Å². The Bertz CT molecular complexity index is 653. The van der Waals surface area contributed by atoms with E-state index < -0.39 is 32.4 Å². The molecule has 0 aromatic heterocycles. The standard InChI is InChI=1S/C16H23NO4S/c1-4-21-15(18)16(10-17)13(14(16)22(19,20)5-2)12-8-6-11(3)7-9-12/h6-9,13-14H,4-5,10,17H2,1-3H3. The predicted octanol–water partition coefficient (Wildman–Crippen LogP) is 1.40. The van der Waals surface area contributed by atoms with E-state index >= 15 is 0 Å². The Morgan fingerprint density at radius 2 is 1.86 bits per heavy atom. The first kappa shape index (κ1) is 17.0. The molecular weight excluding hydrogens is 302 g/mol. The maximum absolute atomic E-state index is 12.4. The molecule has 0 spiro atoms. The minimum absolute atomic E-state index is 0.0127. The molecule has 1 saturated carbocycles. The van der Waals surface area contributed by atoms with Crippen molar-refractivity contribution in [1.29, 1.82) is 0 Å². The van der Waals surface area contributed by atoms with Gasteiger partial charge in [0, 0.05) is 18.2 Å². The van der Waals surface area contributed by atoms with Gasteiger partial charge >= 0.3 is 5.97 Å². The number of aryl methyl sites for hydroxylation is 1. The maximum Gasteiger partial charge on any atom is 0.315 e. The van der Waals surface area contributed by atoms with E-state index in [1.807, 2.05) is 31.2 Å². The molecular formula is C16H23NO4S. The van der Waals surface area contributed by atoms with Gasteiger partial charge in [0.15, 0.2) is 9.84 Å². The van der Waals surface area contributed by atoms with Gasteiger partial charge in [-0.15, -0.1) is 0 Å². The molecule has 1 aromatic rings. The molecule has 3 unspecified atom stereocenters. The predicted molar refractivity (Wildman–Crippen MR) is 85.3 cm³/mol. The Hall–Kier alpha value is -1.40. The van der Waals surface area contributed by atoms with E-state index in [1.54, 1.807) is 13.8 Å². The number of benzene rings is 1.